The van der Waals surface area contributed by atoms with Crippen LogP contribution in [0.25, 0.3) is 0 Å². The number of rotatable bonds is 2. The van der Waals surface area contributed by atoms with Crippen molar-refractivity contribution in [3.63, 3.8) is 0 Å². The summed E-state index contributed by atoms with van der Waals surface area (Å²) in [6.45, 7) is 0.589. The molecule has 1 atom stereocenters. The number of urea groups is 1. The maximum absolute atomic E-state index is 12.0. The van der Waals surface area contributed by atoms with Crippen molar-refractivity contribution in [2.45, 2.75) is 6.04 Å². The standard InChI is InChI=1S/C14H12ClN3O/c15-11-1-3-12(4-2-11)18-13(9-17-14(18)19)10-5-7-16-8-6-10/h1-8,13H,9H2,(H,17,19). The molecule has 4 nitrogen and oxygen atoms in total. The van der Waals surface area contributed by atoms with Gasteiger partial charge in [-0.1, -0.05) is 11.6 Å². The van der Waals surface area contributed by atoms with Gasteiger partial charge in [0.25, 0.3) is 0 Å². The molecule has 2 amide bonds. The predicted molar refractivity (Wildman–Crippen MR) is 74.3 cm³/mol. The first-order valence-corrected chi connectivity index (χ1v) is 6.36. The van der Waals surface area contributed by atoms with Gasteiger partial charge in [-0.2, -0.15) is 0 Å². The second kappa shape index (κ2) is 4.90. The van der Waals surface area contributed by atoms with Crippen LogP contribution in [0.4, 0.5) is 10.5 Å². The van der Waals surface area contributed by atoms with Gasteiger partial charge in [-0.25, -0.2) is 4.79 Å². The molecule has 2 heterocycles. The fourth-order valence-corrected chi connectivity index (χ4v) is 2.38. The third-order valence-electron chi connectivity index (χ3n) is 3.17. The minimum Gasteiger partial charge on any atom is -0.335 e. The van der Waals surface area contributed by atoms with Crippen molar-refractivity contribution in [3.8, 4) is 0 Å². The number of halogens is 1. The fourth-order valence-electron chi connectivity index (χ4n) is 2.25. The molecule has 3 rings (SSSR count). The lowest BCUT2D eigenvalue weighted by molar-refractivity contribution is 0.251. The van der Waals surface area contributed by atoms with Crippen molar-refractivity contribution in [1.29, 1.82) is 0 Å². The molecule has 1 aromatic heterocycles. The van der Waals surface area contributed by atoms with E-state index in [2.05, 4.69) is 10.3 Å². The van der Waals surface area contributed by atoms with E-state index in [1.807, 2.05) is 24.3 Å². The molecule has 1 aliphatic rings. The van der Waals surface area contributed by atoms with Crippen molar-refractivity contribution in [2.75, 3.05) is 11.4 Å². The summed E-state index contributed by atoms with van der Waals surface area (Å²) >= 11 is 5.88. The third-order valence-corrected chi connectivity index (χ3v) is 3.42. The molecule has 0 radical (unpaired) electrons. The van der Waals surface area contributed by atoms with E-state index in [0.717, 1.165) is 11.3 Å². The molecule has 1 aromatic carbocycles. The summed E-state index contributed by atoms with van der Waals surface area (Å²) < 4.78 is 0. The van der Waals surface area contributed by atoms with E-state index in [1.54, 1.807) is 29.4 Å². The van der Waals surface area contributed by atoms with Gasteiger partial charge >= 0.3 is 6.03 Å². The molecule has 5 heteroatoms. The lowest BCUT2D eigenvalue weighted by Crippen LogP contribution is -2.29. The number of carbonyl (C=O) groups is 1. The molecule has 19 heavy (non-hydrogen) atoms. The number of carbonyl (C=O) groups excluding carboxylic acids is 1. The lowest BCUT2D eigenvalue weighted by atomic mass is 10.1. The highest BCUT2D eigenvalue weighted by Gasteiger charge is 2.32. The molecule has 0 saturated carbocycles. The minimum absolute atomic E-state index is 0.0170. The Balaban J connectivity index is 1.97. The van der Waals surface area contributed by atoms with Crippen molar-refractivity contribution < 1.29 is 4.79 Å². The molecule has 0 aliphatic carbocycles. The number of anilines is 1. The van der Waals surface area contributed by atoms with Crippen molar-refractivity contribution in [1.82, 2.24) is 10.3 Å². The number of aromatic nitrogens is 1. The highest BCUT2D eigenvalue weighted by molar-refractivity contribution is 6.30. The first-order valence-electron chi connectivity index (χ1n) is 5.98. The third kappa shape index (κ3) is 2.27. The Hall–Kier alpha value is -2.07. The summed E-state index contributed by atoms with van der Waals surface area (Å²) in [6.07, 6.45) is 3.47. The highest BCUT2D eigenvalue weighted by atomic mass is 35.5. The van der Waals surface area contributed by atoms with Crippen molar-refractivity contribution >= 4 is 23.3 Å². The monoisotopic (exact) mass is 273 g/mol. The van der Waals surface area contributed by atoms with Crippen LogP contribution in [-0.2, 0) is 0 Å². The second-order valence-electron chi connectivity index (χ2n) is 4.33. The van der Waals surface area contributed by atoms with Crippen molar-refractivity contribution in [3.05, 3.63) is 59.4 Å². The molecular weight excluding hydrogens is 262 g/mol. The summed E-state index contributed by atoms with van der Waals surface area (Å²) in [5, 5.41) is 3.52. The predicted octanol–water partition coefficient (Wildman–Crippen LogP) is 3.01. The lowest BCUT2D eigenvalue weighted by Gasteiger charge is -2.23. The Morgan fingerprint density at radius 1 is 1.16 bits per heavy atom. The van der Waals surface area contributed by atoms with Gasteiger partial charge in [0, 0.05) is 29.6 Å². The van der Waals surface area contributed by atoms with E-state index >= 15 is 0 Å². The maximum atomic E-state index is 12.0. The Morgan fingerprint density at radius 2 is 1.84 bits per heavy atom. The van der Waals surface area contributed by atoms with Crippen LogP contribution in [0.3, 0.4) is 0 Å². The van der Waals surface area contributed by atoms with Gasteiger partial charge in [0.2, 0.25) is 0 Å². The second-order valence-corrected chi connectivity index (χ2v) is 4.77. The van der Waals surface area contributed by atoms with E-state index in [4.69, 9.17) is 11.6 Å². The number of benzene rings is 1. The molecule has 1 saturated heterocycles. The van der Waals surface area contributed by atoms with E-state index in [1.165, 1.54) is 0 Å². The summed E-state index contributed by atoms with van der Waals surface area (Å²) in [4.78, 5) is 17.8. The van der Waals surface area contributed by atoms with Crippen LogP contribution in [0.1, 0.15) is 11.6 Å². The number of hydrogen-bond donors (Lipinski definition) is 1. The molecule has 96 valence electrons. The zero-order valence-electron chi connectivity index (χ0n) is 10.1. The topological polar surface area (TPSA) is 45.2 Å². The van der Waals surface area contributed by atoms with Gasteiger partial charge in [-0.15, -0.1) is 0 Å². The van der Waals surface area contributed by atoms with Gasteiger partial charge in [0.05, 0.1) is 6.04 Å². The van der Waals surface area contributed by atoms with Gasteiger partial charge in [-0.05, 0) is 42.0 Å². The van der Waals surface area contributed by atoms with E-state index in [-0.39, 0.29) is 12.1 Å². The van der Waals surface area contributed by atoms with Crippen molar-refractivity contribution in [2.24, 2.45) is 0 Å². The summed E-state index contributed by atoms with van der Waals surface area (Å²) in [7, 11) is 0. The Morgan fingerprint density at radius 3 is 2.53 bits per heavy atom. The largest absolute Gasteiger partial charge is 0.335 e. The molecule has 0 spiro atoms. The molecule has 1 fully saturated rings. The van der Waals surface area contributed by atoms with E-state index in [9.17, 15) is 4.79 Å². The van der Waals surface area contributed by atoms with E-state index < -0.39 is 0 Å². The first kappa shape index (κ1) is 12.0. The average Bonchev–Trinajstić information content (AvgIpc) is 2.83. The first-order chi connectivity index (χ1) is 9.25. The van der Waals surface area contributed by atoms with Gasteiger partial charge in [-0.3, -0.25) is 9.88 Å². The van der Waals surface area contributed by atoms with Crippen LogP contribution in [0.5, 0.6) is 0 Å². The van der Waals surface area contributed by atoms with Crippen LogP contribution in [0.2, 0.25) is 5.02 Å². The maximum Gasteiger partial charge on any atom is 0.322 e. The summed E-state index contributed by atoms with van der Waals surface area (Å²) in [5.41, 5.74) is 1.89. The van der Waals surface area contributed by atoms with E-state index in [0.29, 0.717) is 11.6 Å². The highest BCUT2D eigenvalue weighted by Crippen LogP contribution is 2.30. The smallest absolute Gasteiger partial charge is 0.322 e. The van der Waals surface area contributed by atoms with Gasteiger partial charge in [0.15, 0.2) is 0 Å². The number of pyridine rings is 1. The minimum atomic E-state index is -0.0934. The Labute approximate surface area is 116 Å². The fraction of sp³-hybridized carbons (Fsp3) is 0.143. The number of nitrogens with one attached hydrogen (secondary N) is 1. The molecule has 1 aliphatic heterocycles. The number of amides is 2. The normalized spacial score (nSPS) is 18.5. The zero-order valence-corrected chi connectivity index (χ0v) is 10.8. The summed E-state index contributed by atoms with van der Waals surface area (Å²) in [6, 6.07) is 11.0. The van der Waals surface area contributed by atoms with Crippen LogP contribution < -0.4 is 10.2 Å². The molecular formula is C14H12ClN3O. The van der Waals surface area contributed by atoms with Gasteiger partial charge < -0.3 is 5.32 Å². The SMILES string of the molecule is O=C1NCC(c2ccncc2)N1c1ccc(Cl)cc1. The van der Waals surface area contributed by atoms with Crippen LogP contribution in [0.15, 0.2) is 48.8 Å². The molecule has 1 N–H and O–H groups in total. The average molecular weight is 274 g/mol. The quantitative estimate of drug-likeness (QED) is 0.914. The Bertz CT molecular complexity index is 585. The summed E-state index contributed by atoms with van der Waals surface area (Å²) in [5.74, 6) is 0. The number of hydrogen-bond acceptors (Lipinski definition) is 2. The van der Waals surface area contributed by atoms with Crippen LogP contribution >= 0.6 is 11.6 Å². The Kier molecular flexibility index (Phi) is 3.09. The molecule has 2 aromatic rings. The van der Waals surface area contributed by atoms with Gasteiger partial charge in [0.1, 0.15) is 0 Å². The van der Waals surface area contributed by atoms with Crippen LogP contribution in [0, 0.1) is 0 Å². The zero-order chi connectivity index (χ0) is 13.2. The number of nitrogens with zero attached hydrogens (tertiary/aromatic N) is 2. The molecule has 0 bridgehead atoms. The van der Waals surface area contributed by atoms with Crippen LogP contribution in [-0.4, -0.2) is 17.6 Å². The molecule has 1 unspecified atom stereocenters.